The average molecular weight is 362 g/mol. The van der Waals surface area contributed by atoms with E-state index in [1.807, 2.05) is 12.1 Å². The molecule has 2 aliphatic heterocycles. The Morgan fingerprint density at radius 3 is 2.15 bits per heavy atom. The molecule has 1 aromatic carbocycles. The van der Waals surface area contributed by atoms with E-state index < -0.39 is 0 Å². The zero-order valence-corrected chi connectivity index (χ0v) is 15.9. The van der Waals surface area contributed by atoms with Crippen LogP contribution in [0.15, 0.2) is 30.3 Å². The molecule has 2 fully saturated rings. The molecule has 0 saturated carbocycles. The van der Waals surface area contributed by atoms with Crippen LogP contribution in [-0.4, -0.2) is 40.7 Å². The molecular weight excluding hydrogens is 336 g/mol. The van der Waals surface area contributed by atoms with Crippen molar-refractivity contribution < 1.29 is 0 Å². The van der Waals surface area contributed by atoms with Gasteiger partial charge in [-0.2, -0.15) is 9.97 Å². The van der Waals surface area contributed by atoms with E-state index in [0.717, 1.165) is 65.9 Å². The molecule has 0 spiro atoms. The first-order valence-electron chi connectivity index (χ1n) is 9.94. The molecule has 27 heavy (non-hydrogen) atoms. The highest BCUT2D eigenvalue weighted by Crippen LogP contribution is 2.35. The molecule has 2 aromatic heterocycles. The Balaban J connectivity index is 1.69. The van der Waals surface area contributed by atoms with Gasteiger partial charge >= 0.3 is 0 Å². The topological polar surface area (TPSA) is 63.2 Å². The lowest BCUT2D eigenvalue weighted by molar-refractivity contribution is 0.870. The van der Waals surface area contributed by atoms with E-state index in [4.69, 9.17) is 15.7 Å². The van der Waals surface area contributed by atoms with Gasteiger partial charge in [-0.25, -0.2) is 0 Å². The highest BCUT2D eigenvalue weighted by Gasteiger charge is 2.24. The van der Waals surface area contributed by atoms with Gasteiger partial charge in [0.05, 0.1) is 11.1 Å². The fraction of sp³-hybridized carbons (Fsp3) is 0.429. The van der Waals surface area contributed by atoms with Crippen LogP contribution in [0.25, 0.3) is 22.3 Å². The van der Waals surface area contributed by atoms with Gasteiger partial charge in [-0.3, -0.25) is 0 Å². The summed E-state index contributed by atoms with van der Waals surface area (Å²) in [5, 5.41) is 1.15. The van der Waals surface area contributed by atoms with Gasteiger partial charge in [0.15, 0.2) is 0 Å². The number of nitrogens with two attached hydrogens (primary N) is 1. The molecule has 140 valence electrons. The standard InChI is InChI=1S/C21H26N6/c1-25-18(15-6-8-16(22)9-7-15)14-17-19(25)23-21(27-12-4-5-13-27)24-20(17)26-10-2-3-11-26/h6-9,14H,2-5,10-13,22H2,1H3. The Labute approximate surface area is 159 Å². The van der Waals surface area contributed by atoms with Gasteiger partial charge in [-0.1, -0.05) is 12.1 Å². The van der Waals surface area contributed by atoms with Gasteiger partial charge in [0.2, 0.25) is 5.95 Å². The Bertz CT molecular complexity index is 962. The zero-order chi connectivity index (χ0) is 18.4. The second-order valence-corrected chi connectivity index (χ2v) is 7.68. The van der Waals surface area contributed by atoms with Crippen molar-refractivity contribution in [2.75, 3.05) is 41.7 Å². The van der Waals surface area contributed by atoms with E-state index in [2.05, 4.69) is 39.6 Å². The average Bonchev–Trinajstić information content (AvgIpc) is 3.44. The van der Waals surface area contributed by atoms with Crippen molar-refractivity contribution in [3.63, 3.8) is 0 Å². The van der Waals surface area contributed by atoms with Crippen LogP contribution in [0.2, 0.25) is 0 Å². The molecule has 2 saturated heterocycles. The maximum Gasteiger partial charge on any atom is 0.229 e. The summed E-state index contributed by atoms with van der Waals surface area (Å²) in [5.41, 5.74) is 9.98. The second kappa shape index (κ2) is 6.44. The molecular formula is C21H26N6. The third kappa shape index (κ3) is 2.80. The highest BCUT2D eigenvalue weighted by atomic mass is 15.3. The molecule has 0 aliphatic carbocycles. The van der Waals surface area contributed by atoms with E-state index in [9.17, 15) is 0 Å². The Hall–Kier alpha value is -2.76. The molecule has 0 unspecified atom stereocenters. The van der Waals surface area contributed by atoms with Crippen molar-refractivity contribution in [2.45, 2.75) is 25.7 Å². The zero-order valence-electron chi connectivity index (χ0n) is 15.9. The van der Waals surface area contributed by atoms with Crippen LogP contribution in [0.3, 0.4) is 0 Å². The summed E-state index contributed by atoms with van der Waals surface area (Å²) in [6.07, 6.45) is 4.93. The van der Waals surface area contributed by atoms with E-state index in [-0.39, 0.29) is 0 Å². The molecule has 6 heteroatoms. The molecule has 3 aromatic rings. The normalized spacial score (nSPS) is 17.4. The summed E-state index contributed by atoms with van der Waals surface area (Å²) >= 11 is 0. The number of aromatic nitrogens is 3. The second-order valence-electron chi connectivity index (χ2n) is 7.68. The van der Waals surface area contributed by atoms with Crippen molar-refractivity contribution in [3.05, 3.63) is 30.3 Å². The fourth-order valence-corrected chi connectivity index (χ4v) is 4.33. The number of fused-ring (bicyclic) bond motifs is 1. The van der Waals surface area contributed by atoms with Gasteiger partial charge in [-0.15, -0.1) is 0 Å². The largest absolute Gasteiger partial charge is 0.399 e. The lowest BCUT2D eigenvalue weighted by atomic mass is 10.1. The Morgan fingerprint density at radius 2 is 1.48 bits per heavy atom. The third-order valence-corrected chi connectivity index (χ3v) is 5.85. The monoisotopic (exact) mass is 362 g/mol. The van der Waals surface area contributed by atoms with Crippen molar-refractivity contribution in [3.8, 4) is 11.3 Å². The quantitative estimate of drug-likeness (QED) is 0.724. The number of rotatable bonds is 3. The Morgan fingerprint density at radius 1 is 0.852 bits per heavy atom. The Kier molecular flexibility index (Phi) is 3.92. The maximum absolute atomic E-state index is 5.87. The first-order chi connectivity index (χ1) is 13.2. The summed E-state index contributed by atoms with van der Waals surface area (Å²) < 4.78 is 2.20. The molecule has 5 rings (SSSR count). The van der Waals surface area contributed by atoms with Gasteiger partial charge in [-0.05, 0) is 49.4 Å². The lowest BCUT2D eigenvalue weighted by Gasteiger charge is -2.21. The maximum atomic E-state index is 5.87. The van der Waals surface area contributed by atoms with Gasteiger partial charge < -0.3 is 20.1 Å². The number of benzene rings is 1. The number of hydrogen-bond donors (Lipinski definition) is 1. The van der Waals surface area contributed by atoms with Crippen LogP contribution >= 0.6 is 0 Å². The highest BCUT2D eigenvalue weighted by molar-refractivity contribution is 5.94. The molecule has 0 radical (unpaired) electrons. The van der Waals surface area contributed by atoms with Crippen molar-refractivity contribution in [2.24, 2.45) is 7.05 Å². The van der Waals surface area contributed by atoms with Gasteiger partial charge in [0.25, 0.3) is 0 Å². The van der Waals surface area contributed by atoms with E-state index in [1.165, 1.54) is 25.7 Å². The predicted octanol–water partition coefficient (Wildman–Crippen LogP) is 3.42. The molecule has 4 heterocycles. The number of nitrogen functional groups attached to an aromatic ring is 1. The van der Waals surface area contributed by atoms with E-state index >= 15 is 0 Å². The van der Waals surface area contributed by atoms with Crippen molar-refractivity contribution in [1.29, 1.82) is 0 Å². The van der Waals surface area contributed by atoms with E-state index in [0.29, 0.717) is 0 Å². The molecule has 0 bridgehead atoms. The molecule has 2 N–H and O–H groups in total. The van der Waals surface area contributed by atoms with E-state index in [1.54, 1.807) is 0 Å². The van der Waals surface area contributed by atoms with Crippen LogP contribution in [0.4, 0.5) is 17.5 Å². The van der Waals surface area contributed by atoms with Gasteiger partial charge in [0, 0.05) is 38.9 Å². The lowest BCUT2D eigenvalue weighted by Crippen LogP contribution is -2.24. The fourth-order valence-electron chi connectivity index (χ4n) is 4.33. The third-order valence-electron chi connectivity index (χ3n) is 5.85. The summed E-state index contributed by atoms with van der Waals surface area (Å²) in [5.74, 6) is 1.98. The van der Waals surface area contributed by atoms with Crippen LogP contribution in [-0.2, 0) is 7.05 Å². The minimum Gasteiger partial charge on any atom is -0.399 e. The molecule has 0 atom stereocenters. The summed E-state index contributed by atoms with van der Waals surface area (Å²) in [4.78, 5) is 14.8. The predicted molar refractivity (Wildman–Crippen MR) is 111 cm³/mol. The minimum absolute atomic E-state index is 0.784. The minimum atomic E-state index is 0.784. The summed E-state index contributed by atoms with van der Waals surface area (Å²) in [7, 11) is 2.10. The first kappa shape index (κ1) is 16.4. The molecule has 0 amide bonds. The molecule has 6 nitrogen and oxygen atoms in total. The van der Waals surface area contributed by atoms with Gasteiger partial charge in [0.1, 0.15) is 11.5 Å². The van der Waals surface area contributed by atoms with Crippen molar-refractivity contribution >= 4 is 28.5 Å². The van der Waals surface area contributed by atoms with Crippen LogP contribution in [0.5, 0.6) is 0 Å². The van der Waals surface area contributed by atoms with Crippen LogP contribution in [0.1, 0.15) is 25.7 Å². The number of aryl methyl sites for hydroxylation is 1. The summed E-state index contributed by atoms with van der Waals surface area (Å²) in [6.45, 7) is 4.27. The summed E-state index contributed by atoms with van der Waals surface area (Å²) in [6, 6.07) is 10.3. The van der Waals surface area contributed by atoms with Crippen LogP contribution < -0.4 is 15.5 Å². The SMILES string of the molecule is Cn1c(-c2ccc(N)cc2)cc2c(N3CCCC3)nc(N3CCCC3)nc21. The first-order valence-corrected chi connectivity index (χ1v) is 9.94. The smallest absolute Gasteiger partial charge is 0.229 e. The number of hydrogen-bond acceptors (Lipinski definition) is 5. The van der Waals surface area contributed by atoms with Crippen molar-refractivity contribution in [1.82, 2.24) is 14.5 Å². The number of anilines is 3. The van der Waals surface area contributed by atoms with Crippen LogP contribution in [0, 0.1) is 0 Å². The number of nitrogens with zero attached hydrogens (tertiary/aromatic N) is 5. The molecule has 2 aliphatic rings.